The van der Waals surface area contributed by atoms with Crippen molar-refractivity contribution in [2.45, 2.75) is 25.9 Å². The molecule has 0 radical (unpaired) electrons. The van der Waals surface area contributed by atoms with Crippen LogP contribution >= 0.6 is 0 Å². The highest BCUT2D eigenvalue weighted by molar-refractivity contribution is 5.34. The van der Waals surface area contributed by atoms with Crippen LogP contribution in [0, 0.1) is 23.7 Å². The lowest BCUT2D eigenvalue weighted by Crippen LogP contribution is -2.27. The summed E-state index contributed by atoms with van der Waals surface area (Å²) in [5, 5.41) is 12.0. The van der Waals surface area contributed by atoms with Gasteiger partial charge in [-0.1, -0.05) is 18.1 Å². The Balaban J connectivity index is 2.79. The summed E-state index contributed by atoms with van der Waals surface area (Å²) in [6.45, 7) is 3.97. The zero-order valence-electron chi connectivity index (χ0n) is 8.99. The molecule has 1 rings (SSSR count). The second-order valence-corrected chi connectivity index (χ2v) is 3.51. The summed E-state index contributed by atoms with van der Waals surface area (Å²) in [7, 11) is 0. The van der Waals surface area contributed by atoms with E-state index in [4.69, 9.17) is 11.7 Å². The van der Waals surface area contributed by atoms with Gasteiger partial charge in [-0.2, -0.15) is 5.26 Å². The third-order valence-corrected chi connectivity index (χ3v) is 2.27. The fourth-order valence-corrected chi connectivity index (χ4v) is 1.40. The topological polar surface area (TPSA) is 35.8 Å². The van der Waals surface area contributed by atoms with E-state index < -0.39 is 0 Å². The van der Waals surface area contributed by atoms with Crippen LogP contribution in [0.15, 0.2) is 24.3 Å². The van der Waals surface area contributed by atoms with Gasteiger partial charge in [-0.3, -0.25) is 5.32 Å². The van der Waals surface area contributed by atoms with Crippen molar-refractivity contribution in [3.63, 3.8) is 0 Å². The maximum atomic E-state index is 8.77. The molecule has 1 aromatic carbocycles. The molecule has 76 valence electrons. The Morgan fingerprint density at radius 3 is 2.73 bits per heavy atom. The lowest BCUT2D eigenvalue weighted by molar-refractivity contribution is 0.546. The van der Waals surface area contributed by atoms with Gasteiger partial charge in [0, 0.05) is 6.04 Å². The van der Waals surface area contributed by atoms with Crippen LogP contribution in [0.3, 0.4) is 0 Å². The third kappa shape index (κ3) is 3.13. The molecule has 0 aromatic heterocycles. The van der Waals surface area contributed by atoms with Gasteiger partial charge in [0.1, 0.15) is 0 Å². The minimum Gasteiger partial charge on any atom is -0.297 e. The molecule has 0 aliphatic carbocycles. The Labute approximate surface area is 90.9 Å². The van der Waals surface area contributed by atoms with Gasteiger partial charge >= 0.3 is 0 Å². The van der Waals surface area contributed by atoms with Crippen molar-refractivity contribution in [2.24, 2.45) is 0 Å². The van der Waals surface area contributed by atoms with E-state index >= 15 is 0 Å². The van der Waals surface area contributed by atoms with Crippen LogP contribution in [0.25, 0.3) is 0 Å². The van der Waals surface area contributed by atoms with Crippen molar-refractivity contribution in [1.29, 1.82) is 5.26 Å². The average Bonchev–Trinajstić information content (AvgIpc) is 2.28. The summed E-state index contributed by atoms with van der Waals surface area (Å²) >= 11 is 0. The first-order valence-electron chi connectivity index (χ1n) is 4.89. The third-order valence-electron chi connectivity index (χ3n) is 2.27. The second kappa shape index (κ2) is 5.20. The van der Waals surface area contributed by atoms with Gasteiger partial charge in [-0.15, -0.1) is 6.42 Å². The Bertz CT molecular complexity index is 409. The zero-order chi connectivity index (χ0) is 11.3. The molecule has 2 atom stereocenters. The molecular weight excluding hydrogens is 184 g/mol. The van der Waals surface area contributed by atoms with E-state index in [0.717, 1.165) is 5.56 Å². The highest BCUT2D eigenvalue weighted by Gasteiger charge is 2.07. The maximum Gasteiger partial charge on any atom is 0.0991 e. The number of nitrogens with one attached hydrogen (secondary N) is 1. The summed E-state index contributed by atoms with van der Waals surface area (Å²) in [5.41, 5.74) is 1.76. The highest BCUT2D eigenvalue weighted by atomic mass is 14.9. The molecule has 0 saturated heterocycles. The summed E-state index contributed by atoms with van der Waals surface area (Å²) in [6, 6.07) is 9.85. The van der Waals surface area contributed by atoms with Crippen molar-refractivity contribution < 1.29 is 0 Å². The minimum absolute atomic E-state index is 0.0331. The normalized spacial score (nSPS) is 13.6. The lowest BCUT2D eigenvalue weighted by Gasteiger charge is -2.16. The van der Waals surface area contributed by atoms with Gasteiger partial charge in [-0.25, -0.2) is 0 Å². The molecule has 2 nitrogen and oxygen atoms in total. The zero-order valence-corrected chi connectivity index (χ0v) is 8.99. The van der Waals surface area contributed by atoms with Gasteiger partial charge in [0.05, 0.1) is 17.7 Å². The number of nitriles is 1. The molecule has 2 heteroatoms. The van der Waals surface area contributed by atoms with Crippen LogP contribution in [0.5, 0.6) is 0 Å². The molecule has 15 heavy (non-hydrogen) atoms. The van der Waals surface area contributed by atoms with Crippen molar-refractivity contribution in [1.82, 2.24) is 5.32 Å². The van der Waals surface area contributed by atoms with Crippen molar-refractivity contribution in [3.05, 3.63) is 35.4 Å². The quantitative estimate of drug-likeness (QED) is 0.756. The average molecular weight is 198 g/mol. The molecule has 1 N–H and O–H groups in total. The highest BCUT2D eigenvalue weighted by Crippen LogP contribution is 2.14. The first-order chi connectivity index (χ1) is 7.17. The van der Waals surface area contributed by atoms with E-state index in [9.17, 15) is 0 Å². The largest absolute Gasteiger partial charge is 0.297 e. The Morgan fingerprint density at radius 1 is 1.40 bits per heavy atom. The molecule has 0 heterocycles. The molecule has 0 amide bonds. The number of rotatable bonds is 3. The van der Waals surface area contributed by atoms with Crippen LogP contribution in [0.2, 0.25) is 0 Å². The fraction of sp³-hybridized carbons (Fsp3) is 0.308. The van der Waals surface area contributed by atoms with Crippen molar-refractivity contribution in [3.8, 4) is 18.4 Å². The van der Waals surface area contributed by atoms with E-state index in [1.165, 1.54) is 0 Å². The smallest absolute Gasteiger partial charge is 0.0991 e. The molecular formula is C13H14N2. The van der Waals surface area contributed by atoms with E-state index in [2.05, 4.69) is 17.3 Å². The molecule has 0 bridgehead atoms. The van der Waals surface area contributed by atoms with E-state index in [0.29, 0.717) is 5.56 Å². The minimum atomic E-state index is 0.0331. The number of hydrogen-bond acceptors (Lipinski definition) is 2. The molecule has 1 aromatic rings. The number of benzene rings is 1. The van der Waals surface area contributed by atoms with E-state index in [-0.39, 0.29) is 12.1 Å². The van der Waals surface area contributed by atoms with E-state index in [1.807, 2.05) is 32.0 Å². The first-order valence-corrected chi connectivity index (χ1v) is 4.89. The molecule has 0 fully saturated rings. The summed E-state index contributed by atoms with van der Waals surface area (Å²) in [6.07, 6.45) is 5.29. The first kappa shape index (κ1) is 11.3. The molecule has 0 spiro atoms. The van der Waals surface area contributed by atoms with Crippen LogP contribution in [0.4, 0.5) is 0 Å². The molecule has 0 saturated carbocycles. The van der Waals surface area contributed by atoms with Gasteiger partial charge in [0.25, 0.3) is 0 Å². The van der Waals surface area contributed by atoms with E-state index in [1.54, 1.807) is 6.07 Å². The predicted octanol–water partition coefficient (Wildman–Crippen LogP) is 2.23. The standard InChI is InChI=1S/C13H14N2/c1-4-10(2)15-11(3)13-7-5-6-12(8-13)9-14/h1,5-8,10-11,15H,2-3H3. The van der Waals surface area contributed by atoms with Gasteiger partial charge < -0.3 is 0 Å². The Morgan fingerprint density at radius 2 is 2.13 bits per heavy atom. The predicted molar refractivity (Wildman–Crippen MR) is 61.0 cm³/mol. The molecule has 0 aliphatic heterocycles. The van der Waals surface area contributed by atoms with Crippen LogP contribution in [-0.4, -0.2) is 6.04 Å². The Hall–Kier alpha value is -1.77. The van der Waals surface area contributed by atoms with Gasteiger partial charge in [0.15, 0.2) is 0 Å². The summed E-state index contributed by atoms with van der Waals surface area (Å²) in [5.74, 6) is 2.62. The second-order valence-electron chi connectivity index (χ2n) is 3.51. The number of hydrogen-bond donors (Lipinski definition) is 1. The van der Waals surface area contributed by atoms with Crippen LogP contribution in [-0.2, 0) is 0 Å². The molecule has 0 aliphatic rings. The van der Waals surface area contributed by atoms with Crippen molar-refractivity contribution >= 4 is 0 Å². The van der Waals surface area contributed by atoms with Crippen LogP contribution < -0.4 is 5.32 Å². The SMILES string of the molecule is C#CC(C)NC(C)c1cccc(C#N)c1. The summed E-state index contributed by atoms with van der Waals surface area (Å²) < 4.78 is 0. The van der Waals surface area contributed by atoms with Crippen LogP contribution in [0.1, 0.15) is 31.0 Å². The van der Waals surface area contributed by atoms with Crippen molar-refractivity contribution in [2.75, 3.05) is 0 Å². The lowest BCUT2D eigenvalue weighted by atomic mass is 10.1. The maximum absolute atomic E-state index is 8.77. The van der Waals surface area contributed by atoms with Gasteiger partial charge in [-0.05, 0) is 31.5 Å². The van der Waals surface area contributed by atoms with Gasteiger partial charge in [0.2, 0.25) is 0 Å². The monoisotopic (exact) mass is 198 g/mol. The fourth-order valence-electron chi connectivity index (χ4n) is 1.40. The summed E-state index contributed by atoms with van der Waals surface area (Å²) in [4.78, 5) is 0. The number of terminal acetylenes is 1. The number of nitrogens with zero attached hydrogens (tertiary/aromatic N) is 1. The Kier molecular flexibility index (Phi) is 3.92. The molecule has 2 unspecified atom stereocenters.